The molecule has 0 radical (unpaired) electrons. The van der Waals surface area contributed by atoms with Crippen LogP contribution in [-0.4, -0.2) is 46.6 Å². The second-order valence-electron chi connectivity index (χ2n) is 8.80. The molecule has 0 saturated carbocycles. The molecule has 2 atom stereocenters. The second kappa shape index (κ2) is 10.6. The lowest BCUT2D eigenvalue weighted by Crippen LogP contribution is -2.42. The van der Waals surface area contributed by atoms with Crippen LogP contribution in [0, 0.1) is 25.5 Å². The van der Waals surface area contributed by atoms with Gasteiger partial charge in [0.2, 0.25) is 0 Å². The van der Waals surface area contributed by atoms with Crippen molar-refractivity contribution in [1.29, 1.82) is 0 Å². The number of rotatable bonds is 7. The van der Waals surface area contributed by atoms with Gasteiger partial charge in [-0.05, 0) is 50.6 Å². The lowest BCUT2D eigenvalue weighted by molar-refractivity contribution is 0.247. The minimum Gasteiger partial charge on any atom is -0.371 e. The van der Waals surface area contributed by atoms with Crippen LogP contribution < -0.4 is 16.1 Å². The summed E-state index contributed by atoms with van der Waals surface area (Å²) in [5, 5.41) is 14.1. The number of nitrogens with zero attached hydrogens (tertiary/aromatic N) is 4. The van der Waals surface area contributed by atoms with Crippen LogP contribution in [-0.2, 0) is 0 Å². The number of allylic oxidation sites excluding steroid dienone is 1. The van der Waals surface area contributed by atoms with Crippen LogP contribution in [0.3, 0.4) is 0 Å². The summed E-state index contributed by atoms with van der Waals surface area (Å²) >= 11 is 0. The number of aryl methyl sites for hydroxylation is 1. The Morgan fingerprint density at radius 2 is 1.83 bits per heavy atom. The highest BCUT2D eigenvalue weighted by molar-refractivity contribution is 5.90. The van der Waals surface area contributed by atoms with Crippen LogP contribution in [0.4, 0.5) is 19.4 Å². The van der Waals surface area contributed by atoms with Gasteiger partial charge in [-0.25, -0.2) is 18.3 Å². The van der Waals surface area contributed by atoms with Crippen molar-refractivity contribution in [2.24, 2.45) is 5.10 Å². The molecule has 3 N–H and O–H groups in total. The number of carbonyl (C=O) groups is 1. The Morgan fingerprint density at radius 1 is 1.14 bits per heavy atom. The molecule has 2 heterocycles. The molecule has 1 aliphatic rings. The third-order valence-electron chi connectivity index (χ3n) is 6.41. The minimum absolute atomic E-state index is 0.345. The van der Waals surface area contributed by atoms with Crippen LogP contribution in [0.25, 0.3) is 5.69 Å². The Bertz CT molecular complexity index is 1270. The van der Waals surface area contributed by atoms with Gasteiger partial charge in [0, 0.05) is 49.3 Å². The highest BCUT2D eigenvalue weighted by Gasteiger charge is 2.36. The van der Waals surface area contributed by atoms with Crippen molar-refractivity contribution < 1.29 is 13.6 Å². The number of urea groups is 1. The van der Waals surface area contributed by atoms with Crippen molar-refractivity contribution >= 4 is 18.6 Å². The van der Waals surface area contributed by atoms with Crippen molar-refractivity contribution in [1.82, 2.24) is 25.4 Å². The molecule has 1 saturated heterocycles. The summed E-state index contributed by atoms with van der Waals surface area (Å²) in [4.78, 5) is 15.2. The van der Waals surface area contributed by atoms with Gasteiger partial charge in [0.25, 0.3) is 0 Å². The summed E-state index contributed by atoms with van der Waals surface area (Å²) in [6.07, 6.45) is 1.68. The number of likely N-dealkylation sites (tertiary alicyclic amines) is 1. The number of para-hydroxylation sites is 1. The molecular formula is C26H29F2N7O. The van der Waals surface area contributed by atoms with Crippen molar-refractivity contribution in [3.05, 3.63) is 88.9 Å². The molecule has 0 spiro atoms. The van der Waals surface area contributed by atoms with Crippen molar-refractivity contribution in [3.63, 3.8) is 0 Å². The van der Waals surface area contributed by atoms with E-state index in [0.717, 1.165) is 28.7 Å². The SMILES string of the molecule is C=NN/C=C(\C)N1C[C@@H](NC(=O)Nc2c(C)c(C)nn2-c2ccccc2)[C@H](c2cc(F)cc(F)c2)C1. The zero-order chi connectivity index (χ0) is 25.8. The molecule has 2 aromatic carbocycles. The molecule has 1 aromatic heterocycles. The Kier molecular flexibility index (Phi) is 7.33. The van der Waals surface area contributed by atoms with Crippen LogP contribution in [0.1, 0.15) is 29.7 Å². The van der Waals surface area contributed by atoms with Crippen molar-refractivity contribution in [2.75, 3.05) is 18.4 Å². The molecule has 2 amide bonds. The van der Waals surface area contributed by atoms with E-state index >= 15 is 0 Å². The van der Waals surface area contributed by atoms with E-state index in [1.165, 1.54) is 12.1 Å². The first kappa shape index (κ1) is 24.9. The number of anilines is 1. The lowest BCUT2D eigenvalue weighted by Gasteiger charge is -2.21. The molecule has 0 aliphatic carbocycles. The number of benzene rings is 2. The van der Waals surface area contributed by atoms with E-state index in [1.54, 1.807) is 10.9 Å². The van der Waals surface area contributed by atoms with Crippen LogP contribution in [0.2, 0.25) is 0 Å². The summed E-state index contributed by atoms with van der Waals surface area (Å²) < 4.78 is 29.7. The van der Waals surface area contributed by atoms with Gasteiger partial charge in [0.15, 0.2) is 0 Å². The Morgan fingerprint density at radius 3 is 2.50 bits per heavy atom. The van der Waals surface area contributed by atoms with E-state index in [4.69, 9.17) is 0 Å². The number of nitrogens with one attached hydrogen (secondary N) is 3. The van der Waals surface area contributed by atoms with Crippen LogP contribution >= 0.6 is 0 Å². The fourth-order valence-electron chi connectivity index (χ4n) is 4.42. The van der Waals surface area contributed by atoms with E-state index in [1.807, 2.05) is 56.0 Å². The normalized spacial score (nSPS) is 17.7. The molecule has 3 aromatic rings. The molecule has 188 valence electrons. The van der Waals surface area contributed by atoms with Gasteiger partial charge < -0.3 is 10.2 Å². The zero-order valence-electron chi connectivity index (χ0n) is 20.4. The maximum absolute atomic E-state index is 14.0. The summed E-state index contributed by atoms with van der Waals surface area (Å²) in [6.45, 7) is 9.94. The highest BCUT2D eigenvalue weighted by Crippen LogP contribution is 2.31. The van der Waals surface area contributed by atoms with Crippen molar-refractivity contribution in [3.8, 4) is 5.69 Å². The number of hydrazone groups is 1. The molecule has 0 unspecified atom stereocenters. The van der Waals surface area contributed by atoms with E-state index in [0.29, 0.717) is 24.5 Å². The highest BCUT2D eigenvalue weighted by atomic mass is 19.1. The zero-order valence-corrected chi connectivity index (χ0v) is 20.4. The smallest absolute Gasteiger partial charge is 0.320 e. The Labute approximate surface area is 208 Å². The minimum atomic E-state index is -0.658. The number of amides is 2. The van der Waals surface area contributed by atoms with Gasteiger partial charge in [0.1, 0.15) is 17.5 Å². The lowest BCUT2D eigenvalue weighted by atomic mass is 9.94. The van der Waals surface area contributed by atoms with Gasteiger partial charge in [0.05, 0.1) is 17.4 Å². The third-order valence-corrected chi connectivity index (χ3v) is 6.41. The number of hydrogen-bond acceptors (Lipinski definition) is 5. The topological polar surface area (TPSA) is 86.6 Å². The summed E-state index contributed by atoms with van der Waals surface area (Å²) in [7, 11) is 0. The monoisotopic (exact) mass is 493 g/mol. The Hall–Kier alpha value is -4.21. The largest absolute Gasteiger partial charge is 0.371 e. The molecule has 8 nitrogen and oxygen atoms in total. The van der Waals surface area contributed by atoms with Crippen LogP contribution in [0.15, 0.2) is 65.5 Å². The van der Waals surface area contributed by atoms with Gasteiger partial charge >= 0.3 is 6.03 Å². The van der Waals surface area contributed by atoms with Crippen LogP contribution in [0.5, 0.6) is 0 Å². The van der Waals surface area contributed by atoms with E-state index in [2.05, 4.69) is 33.0 Å². The summed E-state index contributed by atoms with van der Waals surface area (Å²) in [5.74, 6) is -1.11. The van der Waals surface area contributed by atoms with E-state index in [9.17, 15) is 13.6 Å². The maximum Gasteiger partial charge on any atom is 0.320 e. The number of halogens is 2. The first-order chi connectivity index (χ1) is 17.3. The molecule has 1 aliphatic heterocycles. The van der Waals surface area contributed by atoms with Gasteiger partial charge in [-0.3, -0.25) is 10.7 Å². The predicted molar refractivity (Wildman–Crippen MR) is 136 cm³/mol. The molecule has 36 heavy (non-hydrogen) atoms. The first-order valence-corrected chi connectivity index (χ1v) is 11.5. The predicted octanol–water partition coefficient (Wildman–Crippen LogP) is 4.42. The number of hydrogen-bond donors (Lipinski definition) is 3. The van der Waals surface area contributed by atoms with Gasteiger partial charge in [-0.1, -0.05) is 18.2 Å². The third kappa shape index (κ3) is 5.37. The fraction of sp³-hybridized carbons (Fsp3) is 0.269. The molecule has 4 rings (SSSR count). The number of carbonyl (C=O) groups excluding carboxylic acids is 1. The maximum atomic E-state index is 14.0. The van der Waals surface area contributed by atoms with Crippen molar-refractivity contribution in [2.45, 2.75) is 32.7 Å². The average Bonchev–Trinajstić information content (AvgIpc) is 3.39. The molecule has 10 heteroatoms. The van der Waals surface area contributed by atoms with Gasteiger partial charge in [-0.2, -0.15) is 10.2 Å². The summed E-state index contributed by atoms with van der Waals surface area (Å²) in [6, 6.07) is 12.1. The number of aromatic nitrogens is 2. The summed E-state index contributed by atoms with van der Waals surface area (Å²) in [5.41, 5.74) is 6.47. The van der Waals surface area contributed by atoms with Gasteiger partial charge in [-0.15, -0.1) is 0 Å². The molecule has 0 bridgehead atoms. The average molecular weight is 494 g/mol. The molecular weight excluding hydrogens is 464 g/mol. The quantitative estimate of drug-likeness (QED) is 0.336. The standard InChI is InChI=1S/C26H29F2N7O/c1-16(13-30-29-4)34-14-23(19-10-20(27)12-21(28)11-19)24(15-34)31-26(36)32-25-17(2)18(3)33-35(25)22-8-6-5-7-9-22/h5-13,23-24,30H,4,14-15H2,1-3H3,(H2,31,32,36)/b16-13+/t23-,24+/m0/s1. The van der Waals surface area contributed by atoms with E-state index in [-0.39, 0.29) is 5.92 Å². The fourth-order valence-corrected chi connectivity index (χ4v) is 4.42. The Balaban J connectivity index is 1.59. The van der Waals surface area contributed by atoms with E-state index < -0.39 is 23.7 Å². The first-order valence-electron chi connectivity index (χ1n) is 11.5. The second-order valence-corrected chi connectivity index (χ2v) is 8.80. The molecule has 1 fully saturated rings.